The van der Waals surface area contributed by atoms with E-state index in [1.165, 1.54) is 17.8 Å². The summed E-state index contributed by atoms with van der Waals surface area (Å²) >= 11 is 1.46. The average molecular weight is 396 g/mol. The maximum Gasteiger partial charge on any atom is 0.261 e. The number of carbonyl (C=O) groups excluding carboxylic acids is 1. The first-order valence-electron chi connectivity index (χ1n) is 10.2. The van der Waals surface area contributed by atoms with Crippen LogP contribution in [-0.4, -0.2) is 62.1 Å². The number of hydrogen-bond donors (Lipinski definition) is 3. The molecule has 0 spiro atoms. The van der Waals surface area contributed by atoms with Crippen molar-refractivity contribution < 1.29 is 4.79 Å². The van der Waals surface area contributed by atoms with Crippen LogP contribution in [0.3, 0.4) is 0 Å². The van der Waals surface area contributed by atoms with Gasteiger partial charge in [0.25, 0.3) is 5.91 Å². The monoisotopic (exact) mass is 395 g/mol. The average Bonchev–Trinajstić information content (AvgIpc) is 3.20. The van der Waals surface area contributed by atoms with Crippen molar-refractivity contribution in [1.82, 2.24) is 20.9 Å². The predicted molar refractivity (Wildman–Crippen MR) is 117 cm³/mol. The van der Waals surface area contributed by atoms with E-state index in [1.807, 2.05) is 17.5 Å². The first-order valence-corrected chi connectivity index (χ1v) is 11.1. The molecule has 3 N–H and O–H groups in total. The summed E-state index contributed by atoms with van der Waals surface area (Å²) in [6, 6.07) is 4.12. The van der Waals surface area contributed by atoms with E-state index in [2.05, 4.69) is 53.5 Å². The topological polar surface area (TPSA) is 68.8 Å². The summed E-state index contributed by atoms with van der Waals surface area (Å²) in [6.07, 6.45) is 3.13. The lowest BCUT2D eigenvalue weighted by atomic mass is 10.2. The molecule has 154 valence electrons. The number of amides is 1. The minimum absolute atomic E-state index is 0.000774. The third-order valence-electron chi connectivity index (χ3n) is 4.37. The normalized spacial score (nSPS) is 12.9. The number of guanidine groups is 1. The second-order valence-corrected chi connectivity index (χ2v) is 7.51. The number of carbonyl (C=O) groups is 1. The SMILES string of the molecule is CCNC(=NCCCNC(=O)c1cccs1)NC(C)CCCN(CC)CC. The van der Waals surface area contributed by atoms with Crippen molar-refractivity contribution in [2.45, 2.75) is 53.0 Å². The largest absolute Gasteiger partial charge is 0.357 e. The summed E-state index contributed by atoms with van der Waals surface area (Å²) in [7, 11) is 0. The highest BCUT2D eigenvalue weighted by molar-refractivity contribution is 7.12. The Morgan fingerprint density at radius 2 is 2.00 bits per heavy atom. The second-order valence-electron chi connectivity index (χ2n) is 6.56. The Hall–Kier alpha value is -1.60. The molecule has 0 saturated carbocycles. The van der Waals surface area contributed by atoms with Gasteiger partial charge in [-0.15, -0.1) is 11.3 Å². The first kappa shape index (κ1) is 23.4. The molecule has 1 amide bonds. The van der Waals surface area contributed by atoms with Crippen LogP contribution in [0, 0.1) is 0 Å². The van der Waals surface area contributed by atoms with Crippen molar-refractivity contribution in [2.75, 3.05) is 39.3 Å². The fraction of sp³-hybridized carbons (Fsp3) is 0.700. The zero-order chi connectivity index (χ0) is 19.9. The fourth-order valence-electron chi connectivity index (χ4n) is 2.75. The molecule has 0 saturated heterocycles. The molecule has 0 radical (unpaired) electrons. The lowest BCUT2D eigenvalue weighted by Gasteiger charge is -2.21. The predicted octanol–water partition coefficient (Wildman–Crippen LogP) is 2.93. The minimum atomic E-state index is 0.000774. The Morgan fingerprint density at radius 1 is 1.22 bits per heavy atom. The van der Waals surface area contributed by atoms with Crippen LogP contribution < -0.4 is 16.0 Å². The summed E-state index contributed by atoms with van der Waals surface area (Å²) in [6.45, 7) is 14.2. The number of nitrogens with one attached hydrogen (secondary N) is 3. The lowest BCUT2D eigenvalue weighted by Crippen LogP contribution is -2.42. The summed E-state index contributed by atoms with van der Waals surface area (Å²) in [4.78, 5) is 19.7. The molecule has 0 aliphatic heterocycles. The van der Waals surface area contributed by atoms with Crippen LogP contribution in [0.5, 0.6) is 0 Å². The molecule has 27 heavy (non-hydrogen) atoms. The highest BCUT2D eigenvalue weighted by atomic mass is 32.1. The zero-order valence-corrected chi connectivity index (χ0v) is 18.2. The van der Waals surface area contributed by atoms with Gasteiger partial charge in [-0.1, -0.05) is 19.9 Å². The van der Waals surface area contributed by atoms with Crippen LogP contribution in [0.15, 0.2) is 22.5 Å². The van der Waals surface area contributed by atoms with Gasteiger partial charge in [-0.2, -0.15) is 0 Å². The molecule has 6 nitrogen and oxygen atoms in total. The van der Waals surface area contributed by atoms with Crippen LogP contribution in [-0.2, 0) is 0 Å². The van der Waals surface area contributed by atoms with Gasteiger partial charge < -0.3 is 20.9 Å². The number of hydrogen-bond acceptors (Lipinski definition) is 4. The maximum absolute atomic E-state index is 11.9. The van der Waals surface area contributed by atoms with Crippen LogP contribution >= 0.6 is 11.3 Å². The van der Waals surface area contributed by atoms with Crippen molar-refractivity contribution in [3.8, 4) is 0 Å². The maximum atomic E-state index is 11.9. The van der Waals surface area contributed by atoms with E-state index < -0.39 is 0 Å². The molecular weight excluding hydrogens is 358 g/mol. The smallest absolute Gasteiger partial charge is 0.261 e. The molecule has 1 heterocycles. The Kier molecular flexibility index (Phi) is 12.6. The summed E-state index contributed by atoms with van der Waals surface area (Å²) in [5.41, 5.74) is 0. The number of rotatable bonds is 13. The molecule has 7 heteroatoms. The minimum Gasteiger partial charge on any atom is -0.357 e. The van der Waals surface area contributed by atoms with E-state index in [1.54, 1.807) is 0 Å². The highest BCUT2D eigenvalue weighted by Crippen LogP contribution is 2.07. The van der Waals surface area contributed by atoms with Gasteiger partial charge in [0.1, 0.15) is 0 Å². The van der Waals surface area contributed by atoms with Gasteiger partial charge in [-0.3, -0.25) is 9.79 Å². The Balaban J connectivity index is 2.26. The van der Waals surface area contributed by atoms with Gasteiger partial charge in [-0.25, -0.2) is 0 Å². The molecule has 1 rings (SSSR count). The first-order chi connectivity index (χ1) is 13.1. The van der Waals surface area contributed by atoms with E-state index in [0.29, 0.717) is 19.1 Å². The molecule has 1 aromatic heterocycles. The number of aliphatic imine (C=N–C) groups is 1. The van der Waals surface area contributed by atoms with Crippen LogP contribution in [0.2, 0.25) is 0 Å². The van der Waals surface area contributed by atoms with E-state index >= 15 is 0 Å². The van der Waals surface area contributed by atoms with E-state index in [4.69, 9.17) is 0 Å². The van der Waals surface area contributed by atoms with Crippen molar-refractivity contribution in [2.24, 2.45) is 4.99 Å². The Bertz CT molecular complexity index is 528. The second kappa shape index (κ2) is 14.5. The summed E-state index contributed by atoms with van der Waals surface area (Å²) in [5, 5.41) is 11.6. The van der Waals surface area contributed by atoms with Crippen LogP contribution in [0.1, 0.15) is 56.6 Å². The molecule has 0 aliphatic rings. The van der Waals surface area contributed by atoms with Gasteiger partial charge in [0.05, 0.1) is 4.88 Å². The molecule has 1 aromatic rings. The van der Waals surface area contributed by atoms with E-state index in [9.17, 15) is 4.79 Å². The van der Waals surface area contributed by atoms with Crippen LogP contribution in [0.25, 0.3) is 0 Å². The van der Waals surface area contributed by atoms with Crippen molar-refractivity contribution in [3.63, 3.8) is 0 Å². The van der Waals surface area contributed by atoms with Crippen LogP contribution in [0.4, 0.5) is 0 Å². The van der Waals surface area contributed by atoms with Gasteiger partial charge in [0.2, 0.25) is 0 Å². The number of thiophene rings is 1. The molecule has 1 unspecified atom stereocenters. The third kappa shape index (κ3) is 10.3. The molecule has 0 aliphatic carbocycles. The van der Waals surface area contributed by atoms with Crippen molar-refractivity contribution in [3.05, 3.63) is 22.4 Å². The zero-order valence-electron chi connectivity index (χ0n) is 17.4. The molecule has 0 aromatic carbocycles. The van der Waals surface area contributed by atoms with Crippen molar-refractivity contribution in [1.29, 1.82) is 0 Å². The molecule has 0 fully saturated rings. The quantitative estimate of drug-likeness (QED) is 0.273. The fourth-order valence-corrected chi connectivity index (χ4v) is 3.39. The lowest BCUT2D eigenvalue weighted by molar-refractivity contribution is 0.0957. The van der Waals surface area contributed by atoms with E-state index in [0.717, 1.165) is 49.9 Å². The highest BCUT2D eigenvalue weighted by Gasteiger charge is 2.07. The van der Waals surface area contributed by atoms with Gasteiger partial charge >= 0.3 is 0 Å². The Labute approximate surface area is 168 Å². The Morgan fingerprint density at radius 3 is 2.63 bits per heavy atom. The van der Waals surface area contributed by atoms with E-state index in [-0.39, 0.29) is 5.91 Å². The summed E-state index contributed by atoms with van der Waals surface area (Å²) in [5.74, 6) is 0.859. The molecule has 0 bridgehead atoms. The van der Waals surface area contributed by atoms with Gasteiger partial charge in [-0.05, 0) is 64.2 Å². The number of nitrogens with zero attached hydrogens (tertiary/aromatic N) is 2. The van der Waals surface area contributed by atoms with Gasteiger partial charge in [0, 0.05) is 25.7 Å². The van der Waals surface area contributed by atoms with Crippen molar-refractivity contribution >= 4 is 23.2 Å². The third-order valence-corrected chi connectivity index (χ3v) is 5.24. The summed E-state index contributed by atoms with van der Waals surface area (Å²) < 4.78 is 0. The molecular formula is C20H37N5OS. The van der Waals surface area contributed by atoms with Gasteiger partial charge in [0.15, 0.2) is 5.96 Å². The molecule has 1 atom stereocenters. The standard InChI is InChI=1S/C20H37N5OS/c1-5-21-20(24-17(4)11-8-15-25(6-2)7-3)23-14-10-13-22-19(26)18-12-9-16-27-18/h9,12,16-17H,5-8,10-11,13-15H2,1-4H3,(H,22,26)(H2,21,23,24).